The van der Waals surface area contributed by atoms with Crippen LogP contribution in [0.5, 0.6) is 11.5 Å². The van der Waals surface area contributed by atoms with E-state index in [4.69, 9.17) is 14.2 Å². The third kappa shape index (κ3) is 5.11. The molecule has 7 heteroatoms. The molecule has 0 aliphatic carbocycles. The van der Waals surface area contributed by atoms with Crippen molar-refractivity contribution in [2.75, 3.05) is 40.4 Å². The number of carbonyl (C=O) groups excluding carboxylic acids is 2. The van der Waals surface area contributed by atoms with Gasteiger partial charge in [0.1, 0.15) is 0 Å². The number of nitrogens with zero attached hydrogens (tertiary/aromatic N) is 1. The molecule has 1 aliphatic rings. The summed E-state index contributed by atoms with van der Waals surface area (Å²) in [5.74, 6) is 0.531. The predicted octanol–water partition coefficient (Wildman–Crippen LogP) is 2.09. The van der Waals surface area contributed by atoms with Crippen LogP contribution in [0.15, 0.2) is 18.2 Å². The van der Waals surface area contributed by atoms with E-state index in [1.54, 1.807) is 17.0 Å². The van der Waals surface area contributed by atoms with Crippen molar-refractivity contribution in [2.45, 2.75) is 20.3 Å². The Balaban J connectivity index is 2.10. The minimum atomic E-state index is -0.382. The molecule has 1 aliphatic heterocycles. The van der Waals surface area contributed by atoms with Crippen LogP contribution in [0.1, 0.15) is 19.4 Å². The number of nitrogens with one attached hydrogen (secondary N) is 1. The van der Waals surface area contributed by atoms with Gasteiger partial charge in [0, 0.05) is 26.2 Å². The van der Waals surface area contributed by atoms with Gasteiger partial charge in [0.2, 0.25) is 0 Å². The molecule has 1 N–H and O–H groups in total. The van der Waals surface area contributed by atoms with Crippen LogP contribution in [0.3, 0.4) is 0 Å². The molecule has 0 saturated carbocycles. The summed E-state index contributed by atoms with van der Waals surface area (Å²) in [5.41, 5.74) is 0.924. The number of hydrogen-bond acceptors (Lipinski definition) is 6. The second kappa shape index (κ2) is 9.43. The fourth-order valence-electron chi connectivity index (χ4n) is 2.93. The summed E-state index contributed by atoms with van der Waals surface area (Å²) < 4.78 is 15.8. The lowest BCUT2D eigenvalue weighted by atomic mass is 9.89. The minimum absolute atomic E-state index is 0.152. The fraction of sp³-hybridized carbons (Fsp3) is 0.579. The van der Waals surface area contributed by atoms with Crippen molar-refractivity contribution in [1.82, 2.24) is 10.2 Å². The number of benzene rings is 1. The topological polar surface area (TPSA) is 77.1 Å². The molecule has 1 saturated heterocycles. The summed E-state index contributed by atoms with van der Waals surface area (Å²) in [5, 5.41) is 3.19. The standard InChI is InChI=1S/C19H28N2O5/c1-13(2)15(18(22)25-4)11-14-5-6-16(17(12-14)24-3)26-19(23)21-9-7-20-8-10-21/h5-6,12-13,15,20H,7-11H2,1-4H3. The van der Waals surface area contributed by atoms with E-state index in [9.17, 15) is 9.59 Å². The summed E-state index contributed by atoms with van der Waals surface area (Å²) in [7, 11) is 2.93. The van der Waals surface area contributed by atoms with Crippen LogP contribution in [0.25, 0.3) is 0 Å². The van der Waals surface area contributed by atoms with Crippen molar-refractivity contribution < 1.29 is 23.8 Å². The Bertz CT molecular complexity index is 626. The Morgan fingerprint density at radius 3 is 2.42 bits per heavy atom. The molecular formula is C19H28N2O5. The summed E-state index contributed by atoms with van der Waals surface area (Å²) in [4.78, 5) is 25.9. The molecule has 0 radical (unpaired) electrons. The van der Waals surface area contributed by atoms with Crippen molar-refractivity contribution >= 4 is 12.1 Å². The Morgan fingerprint density at radius 1 is 1.15 bits per heavy atom. The highest BCUT2D eigenvalue weighted by molar-refractivity contribution is 5.73. The molecule has 144 valence electrons. The van der Waals surface area contributed by atoms with E-state index in [0.717, 1.165) is 18.7 Å². The number of hydrogen-bond donors (Lipinski definition) is 1. The first-order chi connectivity index (χ1) is 12.5. The first-order valence-electron chi connectivity index (χ1n) is 8.88. The zero-order chi connectivity index (χ0) is 19.1. The van der Waals surface area contributed by atoms with Crippen LogP contribution < -0.4 is 14.8 Å². The van der Waals surface area contributed by atoms with Gasteiger partial charge in [0.15, 0.2) is 11.5 Å². The maximum atomic E-state index is 12.3. The first-order valence-corrected chi connectivity index (χ1v) is 8.88. The highest BCUT2D eigenvalue weighted by atomic mass is 16.6. The molecule has 0 aromatic heterocycles. The Morgan fingerprint density at radius 2 is 1.85 bits per heavy atom. The van der Waals surface area contributed by atoms with E-state index >= 15 is 0 Å². The van der Waals surface area contributed by atoms with Crippen LogP contribution in [-0.4, -0.2) is 57.4 Å². The monoisotopic (exact) mass is 364 g/mol. The number of rotatable bonds is 6. The lowest BCUT2D eigenvalue weighted by Crippen LogP contribution is -2.47. The molecule has 1 heterocycles. The van der Waals surface area contributed by atoms with E-state index in [-0.39, 0.29) is 23.9 Å². The third-order valence-electron chi connectivity index (χ3n) is 4.56. The van der Waals surface area contributed by atoms with E-state index in [0.29, 0.717) is 31.0 Å². The quantitative estimate of drug-likeness (QED) is 0.779. The van der Waals surface area contributed by atoms with Crippen molar-refractivity contribution in [3.05, 3.63) is 23.8 Å². The molecule has 0 bridgehead atoms. The second-order valence-electron chi connectivity index (χ2n) is 6.67. The lowest BCUT2D eigenvalue weighted by Gasteiger charge is -2.26. The zero-order valence-corrected chi connectivity index (χ0v) is 15.9. The second-order valence-corrected chi connectivity index (χ2v) is 6.67. The van der Waals surface area contributed by atoms with Gasteiger partial charge in [0.25, 0.3) is 0 Å². The van der Waals surface area contributed by atoms with Gasteiger partial charge in [-0.05, 0) is 30.0 Å². The number of amides is 1. The average molecular weight is 364 g/mol. The van der Waals surface area contributed by atoms with Gasteiger partial charge in [-0.1, -0.05) is 19.9 Å². The van der Waals surface area contributed by atoms with Crippen molar-refractivity contribution in [2.24, 2.45) is 11.8 Å². The van der Waals surface area contributed by atoms with Gasteiger partial charge < -0.3 is 24.4 Å². The van der Waals surface area contributed by atoms with Gasteiger partial charge in [-0.15, -0.1) is 0 Å². The molecule has 2 rings (SSSR count). The van der Waals surface area contributed by atoms with E-state index in [1.165, 1.54) is 14.2 Å². The van der Waals surface area contributed by atoms with Crippen LogP contribution in [-0.2, 0) is 16.0 Å². The number of carbonyl (C=O) groups is 2. The van der Waals surface area contributed by atoms with Gasteiger partial charge in [-0.3, -0.25) is 4.79 Å². The Hall–Kier alpha value is -2.28. The van der Waals surface area contributed by atoms with Crippen molar-refractivity contribution in [3.63, 3.8) is 0 Å². The third-order valence-corrected chi connectivity index (χ3v) is 4.56. The smallest absolute Gasteiger partial charge is 0.415 e. The normalized spacial score (nSPS) is 15.5. The predicted molar refractivity (Wildman–Crippen MR) is 97.5 cm³/mol. The molecule has 1 atom stereocenters. The summed E-state index contributed by atoms with van der Waals surface area (Å²) in [6, 6.07) is 5.36. The average Bonchev–Trinajstić information content (AvgIpc) is 2.66. The first kappa shape index (κ1) is 20.0. The molecule has 1 fully saturated rings. The van der Waals surface area contributed by atoms with E-state index in [2.05, 4.69) is 5.32 Å². The summed E-state index contributed by atoms with van der Waals surface area (Å²) in [6.07, 6.45) is 0.152. The van der Waals surface area contributed by atoms with Crippen molar-refractivity contribution in [1.29, 1.82) is 0 Å². The molecule has 1 aromatic carbocycles. The number of piperazine rings is 1. The van der Waals surface area contributed by atoms with Crippen LogP contribution in [0, 0.1) is 11.8 Å². The van der Waals surface area contributed by atoms with E-state index in [1.807, 2.05) is 19.9 Å². The van der Waals surface area contributed by atoms with Gasteiger partial charge in [-0.25, -0.2) is 4.79 Å². The lowest BCUT2D eigenvalue weighted by molar-refractivity contribution is -0.146. The summed E-state index contributed by atoms with van der Waals surface area (Å²) in [6.45, 7) is 6.73. The van der Waals surface area contributed by atoms with Crippen LogP contribution in [0.2, 0.25) is 0 Å². The van der Waals surface area contributed by atoms with Gasteiger partial charge in [0.05, 0.1) is 20.1 Å². The maximum Gasteiger partial charge on any atom is 0.415 e. The molecule has 1 aromatic rings. The highest BCUT2D eigenvalue weighted by Gasteiger charge is 2.24. The fourth-order valence-corrected chi connectivity index (χ4v) is 2.93. The molecule has 26 heavy (non-hydrogen) atoms. The van der Waals surface area contributed by atoms with Crippen LogP contribution >= 0.6 is 0 Å². The van der Waals surface area contributed by atoms with Gasteiger partial charge >= 0.3 is 12.1 Å². The minimum Gasteiger partial charge on any atom is -0.493 e. The molecule has 7 nitrogen and oxygen atoms in total. The van der Waals surface area contributed by atoms with E-state index < -0.39 is 0 Å². The van der Waals surface area contributed by atoms with Gasteiger partial charge in [-0.2, -0.15) is 0 Å². The van der Waals surface area contributed by atoms with Crippen LogP contribution in [0.4, 0.5) is 4.79 Å². The molecular weight excluding hydrogens is 336 g/mol. The summed E-state index contributed by atoms with van der Waals surface area (Å²) >= 11 is 0. The highest BCUT2D eigenvalue weighted by Crippen LogP contribution is 2.30. The Kier molecular flexibility index (Phi) is 7.26. The number of methoxy groups -OCH3 is 2. The largest absolute Gasteiger partial charge is 0.493 e. The molecule has 0 spiro atoms. The Labute approximate surface area is 154 Å². The SMILES string of the molecule is COC(=O)C(Cc1ccc(OC(=O)N2CCNCC2)c(OC)c1)C(C)C. The zero-order valence-electron chi connectivity index (χ0n) is 15.9. The number of ether oxygens (including phenoxy) is 3. The molecule has 1 unspecified atom stereocenters. The van der Waals surface area contributed by atoms with Crippen molar-refractivity contribution in [3.8, 4) is 11.5 Å². The molecule has 1 amide bonds. The maximum absolute atomic E-state index is 12.3. The number of esters is 1.